The maximum Gasteiger partial charge on any atom is 0.309 e. The highest BCUT2D eigenvalue weighted by Crippen LogP contribution is 2.32. The molecule has 0 fully saturated rings. The second kappa shape index (κ2) is 8.61. The summed E-state index contributed by atoms with van der Waals surface area (Å²) >= 11 is 12.0. The van der Waals surface area contributed by atoms with Crippen molar-refractivity contribution in [3.63, 3.8) is 0 Å². The molecule has 4 aromatic rings. The van der Waals surface area contributed by atoms with E-state index in [0.29, 0.717) is 23.0 Å². The molecule has 0 aliphatic rings. The number of halogens is 3. The van der Waals surface area contributed by atoms with Gasteiger partial charge in [-0.3, -0.25) is 4.72 Å². The SMILES string of the molecule is CCc1cc(-c2ccc(NS(=O)(=O)c3cccc(Cl)c3Cl)nc2C)cc2cnc(F)nc12. The first-order chi connectivity index (χ1) is 15.2. The van der Waals surface area contributed by atoms with Gasteiger partial charge in [-0.25, -0.2) is 23.4 Å². The van der Waals surface area contributed by atoms with Crippen molar-refractivity contribution >= 4 is 49.9 Å². The van der Waals surface area contributed by atoms with Crippen LogP contribution in [0.1, 0.15) is 18.2 Å². The number of aromatic nitrogens is 3. The number of aryl methyl sites for hydroxylation is 2. The molecule has 0 saturated heterocycles. The molecule has 2 aromatic carbocycles. The molecule has 6 nitrogen and oxygen atoms in total. The van der Waals surface area contributed by atoms with E-state index < -0.39 is 16.1 Å². The van der Waals surface area contributed by atoms with E-state index in [1.165, 1.54) is 24.4 Å². The lowest BCUT2D eigenvalue weighted by molar-refractivity contribution is 0.544. The topological polar surface area (TPSA) is 84.8 Å². The van der Waals surface area contributed by atoms with E-state index in [0.717, 1.165) is 16.7 Å². The Morgan fingerprint density at radius 3 is 2.59 bits per heavy atom. The molecule has 0 spiro atoms. The minimum Gasteiger partial charge on any atom is -0.263 e. The van der Waals surface area contributed by atoms with Gasteiger partial charge in [-0.15, -0.1) is 0 Å². The zero-order valence-corrected chi connectivity index (χ0v) is 19.4. The van der Waals surface area contributed by atoms with Crippen LogP contribution in [0.3, 0.4) is 0 Å². The average Bonchev–Trinajstić information content (AvgIpc) is 2.74. The van der Waals surface area contributed by atoms with Crippen LogP contribution in [0, 0.1) is 13.0 Å². The quantitative estimate of drug-likeness (QED) is 0.356. The Hall–Kier alpha value is -2.81. The number of sulfonamides is 1. The van der Waals surface area contributed by atoms with Crippen molar-refractivity contribution in [1.29, 1.82) is 0 Å². The second-order valence-corrected chi connectivity index (χ2v) is 9.49. The van der Waals surface area contributed by atoms with Gasteiger partial charge in [0.25, 0.3) is 10.0 Å². The number of hydrogen-bond donors (Lipinski definition) is 1. The molecule has 0 aliphatic carbocycles. The van der Waals surface area contributed by atoms with Gasteiger partial charge in [0.1, 0.15) is 10.7 Å². The highest BCUT2D eigenvalue weighted by molar-refractivity contribution is 7.92. The average molecular weight is 491 g/mol. The number of benzene rings is 2. The summed E-state index contributed by atoms with van der Waals surface area (Å²) in [4.78, 5) is 11.8. The van der Waals surface area contributed by atoms with E-state index in [-0.39, 0.29) is 20.8 Å². The first-order valence-electron chi connectivity index (χ1n) is 9.59. The maximum absolute atomic E-state index is 13.5. The lowest BCUT2D eigenvalue weighted by atomic mass is 9.98. The fourth-order valence-electron chi connectivity index (χ4n) is 3.43. The molecular formula is C22H17Cl2FN4O2S. The van der Waals surface area contributed by atoms with Crippen molar-refractivity contribution in [2.75, 3.05) is 4.72 Å². The summed E-state index contributed by atoms with van der Waals surface area (Å²) < 4.78 is 41.4. The van der Waals surface area contributed by atoms with Crippen LogP contribution in [0.25, 0.3) is 22.0 Å². The van der Waals surface area contributed by atoms with Gasteiger partial charge in [0, 0.05) is 22.8 Å². The second-order valence-electron chi connectivity index (χ2n) is 7.05. The third-order valence-corrected chi connectivity index (χ3v) is 7.28. The van der Waals surface area contributed by atoms with Crippen LogP contribution in [0.2, 0.25) is 10.0 Å². The van der Waals surface area contributed by atoms with Gasteiger partial charge in [-0.2, -0.15) is 4.39 Å². The Morgan fingerprint density at radius 2 is 1.88 bits per heavy atom. The molecule has 1 N–H and O–H groups in total. The molecule has 0 unspecified atom stereocenters. The lowest BCUT2D eigenvalue weighted by Gasteiger charge is -2.13. The molecule has 2 heterocycles. The molecule has 0 bridgehead atoms. The predicted octanol–water partition coefficient (Wildman–Crippen LogP) is 5.81. The van der Waals surface area contributed by atoms with E-state index in [4.69, 9.17) is 23.2 Å². The zero-order valence-electron chi connectivity index (χ0n) is 17.0. The molecule has 0 aliphatic heterocycles. The summed E-state index contributed by atoms with van der Waals surface area (Å²) in [7, 11) is -3.99. The van der Waals surface area contributed by atoms with Crippen molar-refractivity contribution in [3.05, 3.63) is 76.0 Å². The van der Waals surface area contributed by atoms with Gasteiger partial charge >= 0.3 is 6.08 Å². The minimum atomic E-state index is -3.99. The van der Waals surface area contributed by atoms with Crippen molar-refractivity contribution in [2.24, 2.45) is 0 Å². The summed E-state index contributed by atoms with van der Waals surface area (Å²) in [6.45, 7) is 3.74. The number of hydrogen-bond acceptors (Lipinski definition) is 5. The van der Waals surface area contributed by atoms with Gasteiger partial charge in [-0.05, 0) is 60.9 Å². The summed E-state index contributed by atoms with van der Waals surface area (Å²) in [5, 5.41) is 0.790. The Kier molecular flexibility index (Phi) is 6.03. The predicted molar refractivity (Wildman–Crippen MR) is 124 cm³/mol. The van der Waals surface area contributed by atoms with E-state index in [1.807, 2.05) is 19.1 Å². The van der Waals surface area contributed by atoms with Crippen LogP contribution < -0.4 is 4.72 Å². The van der Waals surface area contributed by atoms with Crippen molar-refractivity contribution in [2.45, 2.75) is 25.2 Å². The number of fused-ring (bicyclic) bond motifs is 1. The standard InChI is InChI=1S/C22H17Cl2FN4O2S/c1-3-13-9-14(10-15-11-26-22(25)28-21(13)15)16-7-8-19(27-12(16)2)29-32(30,31)18-6-4-5-17(23)20(18)24/h4-11H,3H2,1-2H3,(H,27,29). The molecule has 0 atom stereocenters. The molecule has 10 heteroatoms. The van der Waals surface area contributed by atoms with Crippen LogP contribution >= 0.6 is 23.2 Å². The largest absolute Gasteiger partial charge is 0.309 e. The van der Waals surface area contributed by atoms with E-state index in [1.54, 1.807) is 19.1 Å². The molecule has 32 heavy (non-hydrogen) atoms. The Labute approximate surface area is 194 Å². The van der Waals surface area contributed by atoms with E-state index in [9.17, 15) is 12.8 Å². The molecule has 0 radical (unpaired) electrons. The van der Waals surface area contributed by atoms with Crippen molar-refractivity contribution in [1.82, 2.24) is 15.0 Å². The fraction of sp³-hybridized carbons (Fsp3) is 0.136. The Balaban J connectivity index is 1.71. The van der Waals surface area contributed by atoms with Crippen LogP contribution in [0.4, 0.5) is 10.2 Å². The third-order valence-electron chi connectivity index (χ3n) is 4.95. The number of pyridine rings is 1. The molecule has 0 saturated carbocycles. The van der Waals surface area contributed by atoms with Gasteiger partial charge in [0.05, 0.1) is 15.6 Å². The van der Waals surface area contributed by atoms with Crippen LogP contribution in [-0.2, 0) is 16.4 Å². The van der Waals surface area contributed by atoms with Crippen LogP contribution in [0.15, 0.2) is 53.6 Å². The smallest absolute Gasteiger partial charge is 0.263 e. The Morgan fingerprint density at radius 1 is 1.09 bits per heavy atom. The summed E-state index contributed by atoms with van der Waals surface area (Å²) in [5.74, 6) is 0.143. The third kappa shape index (κ3) is 4.26. The molecule has 164 valence electrons. The normalized spacial score (nSPS) is 11.7. The molecular weight excluding hydrogens is 474 g/mol. The summed E-state index contributed by atoms with van der Waals surface area (Å²) in [6, 6.07) is 11.5. The summed E-state index contributed by atoms with van der Waals surface area (Å²) in [6.07, 6.45) is 1.33. The van der Waals surface area contributed by atoms with Crippen LogP contribution in [0.5, 0.6) is 0 Å². The van der Waals surface area contributed by atoms with E-state index >= 15 is 0 Å². The first kappa shape index (κ1) is 22.4. The van der Waals surface area contributed by atoms with Gasteiger partial charge in [0.15, 0.2) is 0 Å². The molecule has 2 aromatic heterocycles. The van der Waals surface area contributed by atoms with E-state index in [2.05, 4.69) is 19.7 Å². The van der Waals surface area contributed by atoms with Gasteiger partial charge in [0.2, 0.25) is 0 Å². The van der Waals surface area contributed by atoms with Gasteiger partial charge < -0.3 is 0 Å². The van der Waals surface area contributed by atoms with Crippen LogP contribution in [-0.4, -0.2) is 23.4 Å². The monoisotopic (exact) mass is 490 g/mol. The fourth-order valence-corrected chi connectivity index (χ4v) is 5.19. The first-order valence-corrected chi connectivity index (χ1v) is 11.8. The zero-order chi connectivity index (χ0) is 23.0. The minimum absolute atomic E-state index is 0.0584. The number of nitrogens with one attached hydrogen (secondary N) is 1. The summed E-state index contributed by atoms with van der Waals surface area (Å²) in [5.41, 5.74) is 3.69. The molecule has 4 rings (SSSR count). The van der Waals surface area contributed by atoms with Crippen molar-refractivity contribution in [3.8, 4) is 11.1 Å². The number of rotatable bonds is 5. The number of anilines is 1. The van der Waals surface area contributed by atoms with Gasteiger partial charge in [-0.1, -0.05) is 36.2 Å². The molecule has 0 amide bonds. The lowest BCUT2D eigenvalue weighted by Crippen LogP contribution is -2.15. The Bertz CT molecular complexity index is 1460. The number of nitrogens with zero attached hydrogens (tertiary/aromatic N) is 3. The maximum atomic E-state index is 13.5. The highest BCUT2D eigenvalue weighted by Gasteiger charge is 2.20. The van der Waals surface area contributed by atoms with Crippen molar-refractivity contribution < 1.29 is 12.8 Å². The highest BCUT2D eigenvalue weighted by atomic mass is 35.5.